The van der Waals surface area contributed by atoms with Crippen LogP contribution in [-0.4, -0.2) is 30.5 Å². The minimum absolute atomic E-state index is 0.0122. The summed E-state index contributed by atoms with van der Waals surface area (Å²) in [5.74, 6) is -0.0531. The van der Waals surface area contributed by atoms with E-state index in [1.165, 1.54) is 12.1 Å². The maximum Gasteiger partial charge on any atom is 0.271 e. The smallest absolute Gasteiger partial charge is 0.271 e. The lowest BCUT2D eigenvalue weighted by molar-refractivity contribution is 0.0996. The molecular weight excluding hydrogens is 402 g/mol. The van der Waals surface area contributed by atoms with Crippen LogP contribution in [-0.2, 0) is 22.8 Å². The van der Waals surface area contributed by atoms with Gasteiger partial charge in [0.25, 0.3) is 5.91 Å². The summed E-state index contributed by atoms with van der Waals surface area (Å²) in [5.41, 5.74) is 7.62. The summed E-state index contributed by atoms with van der Waals surface area (Å²) in [4.78, 5) is 21.0. The lowest BCUT2D eigenvalue weighted by Gasteiger charge is -2.15. The molecule has 1 aromatic heterocycles. The van der Waals surface area contributed by atoms with Crippen molar-refractivity contribution in [1.82, 2.24) is 9.97 Å². The van der Waals surface area contributed by atoms with Gasteiger partial charge in [0.1, 0.15) is 0 Å². The molecule has 9 heteroatoms. The van der Waals surface area contributed by atoms with Gasteiger partial charge in [-0.15, -0.1) is 0 Å². The Labute approximate surface area is 175 Å². The molecule has 0 aliphatic heterocycles. The fourth-order valence-electron chi connectivity index (χ4n) is 2.84. The predicted octanol–water partition coefficient (Wildman–Crippen LogP) is 2.90. The summed E-state index contributed by atoms with van der Waals surface area (Å²) >= 11 is 0. The SMILES string of the molecule is CCc1nc(C(N)=O)c(Nc2cccc(S(C)(=O)=O)c2)nc1NCc1ccccc1. The fraction of sp³-hybridized carbons (Fsp3) is 0.190. The number of nitrogens with two attached hydrogens (primary N) is 1. The third-order valence-electron chi connectivity index (χ3n) is 4.36. The van der Waals surface area contributed by atoms with Crippen molar-refractivity contribution in [2.75, 3.05) is 16.9 Å². The molecule has 0 radical (unpaired) electrons. The Morgan fingerprint density at radius 1 is 1.03 bits per heavy atom. The average Bonchev–Trinajstić information content (AvgIpc) is 2.72. The zero-order chi connectivity index (χ0) is 21.7. The van der Waals surface area contributed by atoms with Crippen LogP contribution >= 0.6 is 0 Å². The maximum atomic E-state index is 12.0. The molecule has 0 unspecified atom stereocenters. The van der Waals surface area contributed by atoms with E-state index < -0.39 is 15.7 Å². The number of anilines is 3. The molecule has 0 fully saturated rings. The molecule has 156 valence electrons. The lowest BCUT2D eigenvalue weighted by atomic mass is 10.2. The van der Waals surface area contributed by atoms with Crippen LogP contribution in [0.3, 0.4) is 0 Å². The molecule has 2 aromatic carbocycles. The van der Waals surface area contributed by atoms with Crippen LogP contribution in [0.4, 0.5) is 17.3 Å². The standard InChI is InChI=1S/C21H23N5O3S/c1-3-17-20(23-13-14-8-5-4-6-9-14)26-21(18(25-17)19(22)27)24-15-10-7-11-16(12-15)30(2,28)29/h4-12H,3,13H2,1-2H3,(H2,22,27)(H2,23,24,26). The second-order valence-electron chi connectivity index (χ2n) is 6.70. The van der Waals surface area contributed by atoms with Crippen LogP contribution in [0.25, 0.3) is 0 Å². The molecule has 30 heavy (non-hydrogen) atoms. The van der Waals surface area contributed by atoms with Gasteiger partial charge in [-0.2, -0.15) is 0 Å². The molecule has 0 aliphatic carbocycles. The van der Waals surface area contributed by atoms with E-state index in [-0.39, 0.29) is 16.4 Å². The Hall–Kier alpha value is -3.46. The topological polar surface area (TPSA) is 127 Å². The molecule has 8 nitrogen and oxygen atoms in total. The highest BCUT2D eigenvalue weighted by atomic mass is 32.2. The first-order valence-corrected chi connectivity index (χ1v) is 11.2. The van der Waals surface area contributed by atoms with Crippen LogP contribution in [0.1, 0.15) is 28.7 Å². The predicted molar refractivity (Wildman–Crippen MR) is 117 cm³/mol. The van der Waals surface area contributed by atoms with Crippen molar-refractivity contribution in [3.05, 3.63) is 71.5 Å². The summed E-state index contributed by atoms with van der Waals surface area (Å²) in [6, 6.07) is 16.0. The van der Waals surface area contributed by atoms with Crippen LogP contribution in [0.5, 0.6) is 0 Å². The van der Waals surface area contributed by atoms with E-state index in [1.54, 1.807) is 12.1 Å². The molecule has 0 saturated carbocycles. The molecule has 3 aromatic rings. The molecule has 1 heterocycles. The molecule has 0 saturated heterocycles. The van der Waals surface area contributed by atoms with E-state index in [1.807, 2.05) is 37.3 Å². The average molecular weight is 426 g/mol. The first-order valence-electron chi connectivity index (χ1n) is 9.33. The van der Waals surface area contributed by atoms with Crippen molar-refractivity contribution in [2.45, 2.75) is 24.8 Å². The van der Waals surface area contributed by atoms with Crippen LogP contribution < -0.4 is 16.4 Å². The first-order chi connectivity index (χ1) is 14.3. The minimum atomic E-state index is -3.38. The number of sulfone groups is 1. The second-order valence-corrected chi connectivity index (χ2v) is 8.71. The molecule has 1 amide bonds. The quantitative estimate of drug-likeness (QED) is 0.506. The number of rotatable bonds is 8. The number of amides is 1. The normalized spacial score (nSPS) is 11.1. The molecule has 0 aliphatic rings. The molecule has 3 rings (SSSR count). The number of hydrogen-bond donors (Lipinski definition) is 3. The van der Waals surface area contributed by atoms with Crippen molar-refractivity contribution in [2.24, 2.45) is 5.73 Å². The highest BCUT2D eigenvalue weighted by molar-refractivity contribution is 7.90. The minimum Gasteiger partial charge on any atom is -0.364 e. The number of hydrogen-bond acceptors (Lipinski definition) is 7. The third-order valence-corrected chi connectivity index (χ3v) is 5.47. The van der Waals surface area contributed by atoms with Gasteiger partial charge < -0.3 is 16.4 Å². The van der Waals surface area contributed by atoms with Gasteiger partial charge in [-0.1, -0.05) is 43.3 Å². The summed E-state index contributed by atoms with van der Waals surface area (Å²) in [6.07, 6.45) is 1.68. The fourth-order valence-corrected chi connectivity index (χ4v) is 3.51. The van der Waals surface area contributed by atoms with E-state index in [4.69, 9.17) is 5.73 Å². The molecule has 0 spiro atoms. The van der Waals surface area contributed by atoms with E-state index in [2.05, 4.69) is 20.6 Å². The Balaban J connectivity index is 1.97. The van der Waals surface area contributed by atoms with Crippen molar-refractivity contribution in [3.63, 3.8) is 0 Å². The number of nitrogens with zero attached hydrogens (tertiary/aromatic N) is 2. The summed E-state index contributed by atoms with van der Waals surface area (Å²) in [5, 5.41) is 6.22. The Morgan fingerprint density at radius 2 is 1.77 bits per heavy atom. The summed E-state index contributed by atoms with van der Waals surface area (Å²) in [7, 11) is -3.38. The van der Waals surface area contributed by atoms with E-state index in [9.17, 15) is 13.2 Å². The highest BCUT2D eigenvalue weighted by Gasteiger charge is 2.18. The summed E-state index contributed by atoms with van der Waals surface area (Å²) < 4.78 is 23.7. The van der Waals surface area contributed by atoms with Gasteiger partial charge in [-0.3, -0.25) is 4.79 Å². The van der Waals surface area contributed by atoms with Crippen molar-refractivity contribution >= 4 is 33.1 Å². The van der Waals surface area contributed by atoms with Crippen molar-refractivity contribution in [1.29, 1.82) is 0 Å². The Kier molecular flexibility index (Phi) is 6.31. The van der Waals surface area contributed by atoms with Gasteiger partial charge in [0.2, 0.25) is 0 Å². The summed E-state index contributed by atoms with van der Waals surface area (Å²) in [6.45, 7) is 2.44. The van der Waals surface area contributed by atoms with E-state index >= 15 is 0 Å². The van der Waals surface area contributed by atoms with Crippen LogP contribution in [0, 0.1) is 0 Å². The van der Waals surface area contributed by atoms with Crippen molar-refractivity contribution < 1.29 is 13.2 Å². The van der Waals surface area contributed by atoms with Gasteiger partial charge in [0.05, 0.1) is 10.6 Å². The van der Waals surface area contributed by atoms with E-state index in [0.717, 1.165) is 11.8 Å². The number of primary amides is 1. The number of carbonyl (C=O) groups is 1. The number of benzene rings is 2. The van der Waals surface area contributed by atoms with Gasteiger partial charge in [0, 0.05) is 18.5 Å². The molecular formula is C21H23N5O3S. The van der Waals surface area contributed by atoms with Gasteiger partial charge in [-0.25, -0.2) is 18.4 Å². The molecule has 0 atom stereocenters. The van der Waals surface area contributed by atoms with E-state index in [0.29, 0.717) is 30.2 Å². The van der Waals surface area contributed by atoms with Crippen LogP contribution in [0.2, 0.25) is 0 Å². The Morgan fingerprint density at radius 3 is 2.40 bits per heavy atom. The first kappa shape index (κ1) is 21.3. The molecule has 4 N–H and O–H groups in total. The van der Waals surface area contributed by atoms with Gasteiger partial charge >= 0.3 is 0 Å². The second kappa shape index (κ2) is 8.91. The highest BCUT2D eigenvalue weighted by Crippen LogP contribution is 2.24. The monoisotopic (exact) mass is 425 g/mol. The van der Waals surface area contributed by atoms with Crippen LogP contribution in [0.15, 0.2) is 59.5 Å². The number of aromatic nitrogens is 2. The Bertz CT molecular complexity index is 1160. The van der Waals surface area contributed by atoms with Gasteiger partial charge in [-0.05, 0) is 30.2 Å². The largest absolute Gasteiger partial charge is 0.364 e. The maximum absolute atomic E-state index is 12.0. The zero-order valence-corrected chi connectivity index (χ0v) is 17.5. The number of carbonyl (C=O) groups excluding carboxylic acids is 1. The number of aryl methyl sites for hydroxylation is 1. The number of nitrogens with one attached hydrogen (secondary N) is 2. The lowest BCUT2D eigenvalue weighted by Crippen LogP contribution is -2.19. The van der Waals surface area contributed by atoms with Gasteiger partial charge in [0.15, 0.2) is 27.2 Å². The van der Waals surface area contributed by atoms with Crippen molar-refractivity contribution in [3.8, 4) is 0 Å². The third kappa shape index (κ3) is 5.12. The zero-order valence-electron chi connectivity index (χ0n) is 16.7. The molecule has 0 bridgehead atoms.